The van der Waals surface area contributed by atoms with Crippen LogP contribution in [0.3, 0.4) is 0 Å². The predicted octanol–water partition coefficient (Wildman–Crippen LogP) is 1.09. The molecule has 8 nitrogen and oxygen atoms in total. The van der Waals surface area contributed by atoms with Crippen molar-refractivity contribution in [2.45, 2.75) is 13.5 Å². The summed E-state index contributed by atoms with van der Waals surface area (Å²) in [7, 11) is 0. The van der Waals surface area contributed by atoms with Crippen molar-refractivity contribution >= 4 is 5.91 Å². The van der Waals surface area contributed by atoms with Crippen LogP contribution in [0.5, 0.6) is 0 Å². The van der Waals surface area contributed by atoms with Crippen LogP contribution in [0.25, 0.3) is 11.6 Å². The Bertz CT molecular complexity index is 732. The molecule has 0 saturated carbocycles. The summed E-state index contributed by atoms with van der Waals surface area (Å²) in [6.45, 7) is 2.02. The lowest BCUT2D eigenvalue weighted by atomic mass is 10.4. The SMILES string of the molecule is Cc1cnc(C(=O)NCc2nc(-c3ccco3)n[nH]2)cn1. The molecular formula is C13H12N6O2. The van der Waals surface area contributed by atoms with Gasteiger partial charge in [-0.05, 0) is 19.1 Å². The maximum absolute atomic E-state index is 11.9. The van der Waals surface area contributed by atoms with E-state index in [0.717, 1.165) is 5.69 Å². The third-order valence-corrected chi connectivity index (χ3v) is 2.70. The molecule has 2 N–H and O–H groups in total. The van der Waals surface area contributed by atoms with E-state index in [1.54, 1.807) is 31.5 Å². The molecule has 0 spiro atoms. The number of furan rings is 1. The summed E-state index contributed by atoms with van der Waals surface area (Å²) in [6, 6.07) is 3.51. The average Bonchev–Trinajstić information content (AvgIpc) is 3.16. The largest absolute Gasteiger partial charge is 0.461 e. The third kappa shape index (κ3) is 2.94. The topological polar surface area (TPSA) is 110 Å². The Morgan fingerprint density at radius 2 is 2.29 bits per heavy atom. The van der Waals surface area contributed by atoms with Crippen molar-refractivity contribution < 1.29 is 9.21 Å². The molecule has 21 heavy (non-hydrogen) atoms. The monoisotopic (exact) mass is 284 g/mol. The van der Waals surface area contributed by atoms with Crippen molar-refractivity contribution in [2.75, 3.05) is 0 Å². The van der Waals surface area contributed by atoms with Gasteiger partial charge in [-0.3, -0.25) is 14.9 Å². The van der Waals surface area contributed by atoms with Gasteiger partial charge in [-0.2, -0.15) is 0 Å². The number of amides is 1. The zero-order valence-corrected chi connectivity index (χ0v) is 11.2. The standard InChI is InChI=1S/C13H12N6O2/c1-8-5-15-9(6-14-8)13(20)16-7-11-17-12(19-18-11)10-3-2-4-21-10/h2-6H,7H2,1H3,(H,16,20)(H,17,18,19). The number of aromatic nitrogens is 5. The fourth-order valence-corrected chi connectivity index (χ4v) is 1.65. The minimum atomic E-state index is -0.321. The highest BCUT2D eigenvalue weighted by Crippen LogP contribution is 2.14. The lowest BCUT2D eigenvalue weighted by Crippen LogP contribution is -2.24. The Morgan fingerprint density at radius 1 is 1.38 bits per heavy atom. The lowest BCUT2D eigenvalue weighted by molar-refractivity contribution is 0.0944. The number of H-pyrrole nitrogens is 1. The van der Waals surface area contributed by atoms with E-state index in [1.165, 1.54) is 6.20 Å². The van der Waals surface area contributed by atoms with E-state index in [1.807, 2.05) is 0 Å². The van der Waals surface area contributed by atoms with Crippen molar-refractivity contribution in [3.8, 4) is 11.6 Å². The van der Waals surface area contributed by atoms with E-state index in [-0.39, 0.29) is 18.1 Å². The molecule has 3 heterocycles. The van der Waals surface area contributed by atoms with Crippen molar-refractivity contribution in [2.24, 2.45) is 0 Å². The van der Waals surface area contributed by atoms with Crippen LogP contribution in [0.4, 0.5) is 0 Å². The van der Waals surface area contributed by atoms with Gasteiger partial charge in [0.2, 0.25) is 5.82 Å². The number of nitrogens with one attached hydrogen (secondary N) is 2. The number of hydrogen-bond acceptors (Lipinski definition) is 6. The maximum atomic E-state index is 11.9. The Morgan fingerprint density at radius 3 is 3.00 bits per heavy atom. The molecule has 106 valence electrons. The second-order valence-electron chi connectivity index (χ2n) is 4.31. The van der Waals surface area contributed by atoms with E-state index < -0.39 is 0 Å². The normalized spacial score (nSPS) is 10.5. The molecule has 3 rings (SSSR count). The van der Waals surface area contributed by atoms with Crippen LogP contribution >= 0.6 is 0 Å². The number of rotatable bonds is 4. The van der Waals surface area contributed by atoms with Crippen molar-refractivity contribution in [3.05, 3.63) is 48.0 Å². The molecule has 0 bridgehead atoms. The Balaban J connectivity index is 1.62. The van der Waals surface area contributed by atoms with E-state index in [9.17, 15) is 4.79 Å². The Hall–Kier alpha value is -3.03. The van der Waals surface area contributed by atoms with Gasteiger partial charge >= 0.3 is 0 Å². The fourth-order valence-electron chi connectivity index (χ4n) is 1.65. The number of aryl methyl sites for hydroxylation is 1. The molecule has 3 aromatic heterocycles. The molecule has 0 aliphatic rings. The fraction of sp³-hybridized carbons (Fsp3) is 0.154. The summed E-state index contributed by atoms with van der Waals surface area (Å²) in [4.78, 5) is 24.1. The zero-order chi connectivity index (χ0) is 14.7. The van der Waals surface area contributed by atoms with Crippen molar-refractivity contribution in [3.63, 3.8) is 0 Å². The van der Waals surface area contributed by atoms with Gasteiger partial charge < -0.3 is 9.73 Å². The molecule has 0 atom stereocenters. The highest BCUT2D eigenvalue weighted by molar-refractivity contribution is 5.91. The number of aromatic amines is 1. The van der Waals surface area contributed by atoms with Gasteiger partial charge in [0.25, 0.3) is 5.91 Å². The highest BCUT2D eigenvalue weighted by Gasteiger charge is 2.11. The van der Waals surface area contributed by atoms with Crippen LogP contribution in [0, 0.1) is 6.92 Å². The minimum Gasteiger partial charge on any atom is -0.461 e. The highest BCUT2D eigenvalue weighted by atomic mass is 16.3. The van der Waals surface area contributed by atoms with Gasteiger partial charge in [-0.15, -0.1) is 5.10 Å². The van der Waals surface area contributed by atoms with Crippen LogP contribution in [0.2, 0.25) is 0 Å². The second-order valence-corrected chi connectivity index (χ2v) is 4.31. The molecule has 0 saturated heterocycles. The second kappa shape index (κ2) is 5.53. The predicted molar refractivity (Wildman–Crippen MR) is 72.0 cm³/mol. The lowest BCUT2D eigenvalue weighted by Gasteiger charge is -2.01. The number of carbonyl (C=O) groups excluding carboxylic acids is 1. The summed E-state index contributed by atoms with van der Waals surface area (Å²) in [5.41, 5.74) is 1.01. The van der Waals surface area contributed by atoms with Crippen LogP contribution < -0.4 is 5.32 Å². The first-order valence-electron chi connectivity index (χ1n) is 6.24. The summed E-state index contributed by atoms with van der Waals surface area (Å²) in [5.74, 6) is 1.21. The molecule has 8 heteroatoms. The first kappa shape index (κ1) is 13.0. The average molecular weight is 284 g/mol. The molecule has 1 amide bonds. The van der Waals surface area contributed by atoms with Gasteiger partial charge in [0.15, 0.2) is 5.76 Å². The summed E-state index contributed by atoms with van der Waals surface area (Å²) in [6.07, 6.45) is 4.51. The summed E-state index contributed by atoms with van der Waals surface area (Å²) < 4.78 is 5.19. The van der Waals surface area contributed by atoms with Crippen LogP contribution in [0.15, 0.2) is 35.2 Å². The first-order valence-corrected chi connectivity index (χ1v) is 6.24. The summed E-state index contributed by atoms with van der Waals surface area (Å²) in [5, 5.41) is 9.44. The van der Waals surface area contributed by atoms with Gasteiger partial charge in [-0.25, -0.2) is 9.97 Å². The van der Waals surface area contributed by atoms with Crippen molar-refractivity contribution in [1.82, 2.24) is 30.5 Å². The molecule has 0 aliphatic carbocycles. The number of nitrogens with zero attached hydrogens (tertiary/aromatic N) is 4. The molecule has 0 radical (unpaired) electrons. The first-order chi connectivity index (χ1) is 10.2. The van der Waals surface area contributed by atoms with E-state index in [4.69, 9.17) is 4.42 Å². The molecule has 0 unspecified atom stereocenters. The third-order valence-electron chi connectivity index (χ3n) is 2.70. The Kier molecular flexibility index (Phi) is 3.42. The molecular weight excluding hydrogens is 272 g/mol. The van der Waals surface area contributed by atoms with Crippen molar-refractivity contribution in [1.29, 1.82) is 0 Å². The van der Waals surface area contributed by atoms with Gasteiger partial charge in [0.05, 0.1) is 24.7 Å². The molecule has 3 aromatic rings. The van der Waals surface area contributed by atoms with Crippen LogP contribution in [0.1, 0.15) is 22.0 Å². The van der Waals surface area contributed by atoms with Gasteiger partial charge in [0, 0.05) is 6.20 Å². The molecule has 0 fully saturated rings. The zero-order valence-electron chi connectivity index (χ0n) is 11.2. The van der Waals surface area contributed by atoms with E-state index >= 15 is 0 Å². The summed E-state index contributed by atoms with van der Waals surface area (Å²) >= 11 is 0. The minimum absolute atomic E-state index is 0.210. The smallest absolute Gasteiger partial charge is 0.271 e. The number of hydrogen-bond donors (Lipinski definition) is 2. The number of carbonyl (C=O) groups is 1. The van der Waals surface area contributed by atoms with Gasteiger partial charge in [-0.1, -0.05) is 0 Å². The van der Waals surface area contributed by atoms with E-state index in [0.29, 0.717) is 17.4 Å². The maximum Gasteiger partial charge on any atom is 0.271 e. The van der Waals surface area contributed by atoms with Crippen LogP contribution in [-0.4, -0.2) is 31.1 Å². The van der Waals surface area contributed by atoms with Crippen LogP contribution in [-0.2, 0) is 6.54 Å². The molecule has 0 aromatic carbocycles. The van der Waals surface area contributed by atoms with Gasteiger partial charge in [0.1, 0.15) is 11.5 Å². The molecule has 0 aliphatic heterocycles. The Labute approximate surface area is 119 Å². The quantitative estimate of drug-likeness (QED) is 0.742. The van der Waals surface area contributed by atoms with E-state index in [2.05, 4.69) is 30.5 Å².